The van der Waals surface area contributed by atoms with Crippen molar-refractivity contribution in [2.24, 2.45) is 0 Å². The third-order valence-electron chi connectivity index (χ3n) is 25.1. The number of para-hydroxylation sites is 5. The van der Waals surface area contributed by atoms with Gasteiger partial charge in [0, 0.05) is 65.7 Å². The Hall–Kier alpha value is -16.4. The van der Waals surface area contributed by atoms with Gasteiger partial charge in [-0.05, 0) is 227 Å². The monoisotopic (exact) mass is 1580 g/mol. The molecule has 0 spiro atoms. The predicted molar refractivity (Wildman–Crippen MR) is 525 cm³/mol. The average Bonchev–Trinajstić information content (AvgIpc) is 1.60. The van der Waals surface area contributed by atoms with E-state index in [0.717, 1.165) is 17.1 Å². The molecule has 0 radical (unpaired) electrons. The molecule has 20 aromatic carbocycles. The Morgan fingerprint density at radius 3 is 0.702 bits per heavy atom. The fourth-order valence-corrected chi connectivity index (χ4v) is 19.0. The topological polar surface area (TPSA) is 19.7 Å². The van der Waals surface area contributed by atoms with Gasteiger partial charge in [-0.3, -0.25) is 0 Å². The molecule has 0 N–H and O–H groups in total. The zero-order chi connectivity index (χ0) is 82.0. The van der Waals surface area contributed by atoms with Crippen LogP contribution in [0.2, 0.25) is 0 Å². The number of benzene rings is 20. The zero-order valence-electron chi connectivity index (χ0n) is 68.0. The molecule has 0 aliphatic carbocycles. The van der Waals surface area contributed by atoms with Gasteiger partial charge in [0.1, 0.15) is 0 Å². The van der Waals surface area contributed by atoms with Crippen molar-refractivity contribution in [2.45, 2.75) is 0 Å². The highest BCUT2D eigenvalue weighted by Gasteiger charge is 2.21. The van der Waals surface area contributed by atoms with Gasteiger partial charge in [0.2, 0.25) is 0 Å². The highest BCUT2D eigenvalue weighted by atomic mass is 15.0. The van der Waals surface area contributed by atoms with E-state index < -0.39 is 0 Å². The van der Waals surface area contributed by atoms with E-state index in [-0.39, 0.29) is 0 Å². The van der Waals surface area contributed by atoms with E-state index in [1.54, 1.807) is 0 Å². The lowest BCUT2D eigenvalue weighted by Gasteiger charge is -2.14. The average molecular weight is 1580 g/mol. The molecule has 0 saturated carbocycles. The molecular formula is C120H80N4. The van der Waals surface area contributed by atoms with Gasteiger partial charge in [-0.2, -0.15) is 0 Å². The molecule has 4 heteroatoms. The maximum atomic E-state index is 2.43. The molecule has 0 unspecified atom stereocenters. The van der Waals surface area contributed by atoms with Crippen LogP contribution in [0.5, 0.6) is 0 Å². The number of hydrogen-bond donors (Lipinski definition) is 0. The van der Waals surface area contributed by atoms with Gasteiger partial charge in [0.25, 0.3) is 0 Å². The normalized spacial score (nSPS) is 11.5. The van der Waals surface area contributed by atoms with E-state index in [0.29, 0.717) is 0 Å². The fourth-order valence-electron chi connectivity index (χ4n) is 19.0. The Balaban J connectivity index is 0.000000143. The first-order valence-electron chi connectivity index (χ1n) is 42.7. The molecule has 4 nitrogen and oxygen atoms in total. The van der Waals surface area contributed by atoms with Gasteiger partial charge < -0.3 is 18.3 Å². The number of nitrogens with zero attached hydrogens (tertiary/aromatic N) is 4. The summed E-state index contributed by atoms with van der Waals surface area (Å²) in [7, 11) is 0. The number of hydrogen-bond acceptors (Lipinski definition) is 0. The van der Waals surface area contributed by atoms with Crippen molar-refractivity contribution in [2.75, 3.05) is 0 Å². The minimum atomic E-state index is 1.16. The van der Waals surface area contributed by atoms with Gasteiger partial charge in [0.15, 0.2) is 0 Å². The van der Waals surface area contributed by atoms with Crippen LogP contribution in [0.4, 0.5) is 0 Å². The molecule has 0 fully saturated rings. The molecule has 0 amide bonds. The Morgan fingerprint density at radius 1 is 0.105 bits per heavy atom. The number of fused-ring (bicyclic) bond motifs is 12. The summed E-state index contributed by atoms with van der Waals surface area (Å²) in [5, 5.41) is 10.0. The molecule has 124 heavy (non-hydrogen) atoms. The van der Waals surface area contributed by atoms with Crippen LogP contribution in [0.1, 0.15) is 0 Å². The lowest BCUT2D eigenvalue weighted by atomic mass is 9.96. The van der Waals surface area contributed by atoms with E-state index in [1.807, 2.05) is 0 Å². The first kappa shape index (κ1) is 72.8. The molecule has 0 atom stereocenters. The predicted octanol–water partition coefficient (Wildman–Crippen LogP) is 32.4. The van der Waals surface area contributed by atoms with E-state index in [2.05, 4.69) is 504 Å². The third kappa shape index (κ3) is 13.1. The van der Waals surface area contributed by atoms with Crippen molar-refractivity contribution >= 4 is 87.2 Å². The van der Waals surface area contributed by atoms with Gasteiger partial charge in [-0.15, -0.1) is 0 Å². The van der Waals surface area contributed by atoms with Crippen molar-refractivity contribution in [3.63, 3.8) is 0 Å². The van der Waals surface area contributed by atoms with Crippen LogP contribution in [0.15, 0.2) is 485 Å². The molecule has 0 bridgehead atoms. The first-order valence-corrected chi connectivity index (χ1v) is 42.7. The smallest absolute Gasteiger partial charge is 0.0541 e. The van der Waals surface area contributed by atoms with Gasteiger partial charge in [0.05, 0.1) is 49.8 Å². The zero-order valence-corrected chi connectivity index (χ0v) is 68.0. The second kappa shape index (κ2) is 31.1. The SMILES string of the molecule is c1ccc(-c2ccc(-n3c4ccccc4c4cc(-c5ccc(-c6ccc(-c7ccc8c(c7)c7ccccc7n8-c7cccc(-c8ccccc8)c7)cc6)cc5)ccc43)cc2)cc1.c1ccc(-c2ccc(-n3c4ccccc4c4cc(-c5ccc(-c6cccc(-c7ccc8c(c7)c7ccccc7n8-c7ccccc7-c7ccccc7)c6)cc5)ccc43)cc2)cc1. The summed E-state index contributed by atoms with van der Waals surface area (Å²) < 4.78 is 9.60. The van der Waals surface area contributed by atoms with Crippen LogP contribution in [0.25, 0.3) is 221 Å². The lowest BCUT2D eigenvalue weighted by Crippen LogP contribution is -1.96. The molecule has 24 aromatic rings. The summed E-state index contributed by atoms with van der Waals surface area (Å²) in [6, 6.07) is 177. The third-order valence-corrected chi connectivity index (χ3v) is 25.1. The number of rotatable bonds is 14. The Kier molecular flexibility index (Phi) is 18.2. The Bertz CT molecular complexity index is 8140. The van der Waals surface area contributed by atoms with Crippen LogP contribution in [-0.2, 0) is 0 Å². The molecule has 0 aliphatic heterocycles. The molecule has 0 aliphatic rings. The summed E-state index contributed by atoms with van der Waals surface area (Å²) in [4.78, 5) is 0. The first-order chi connectivity index (χ1) is 61.5. The van der Waals surface area contributed by atoms with Crippen molar-refractivity contribution < 1.29 is 0 Å². The minimum absolute atomic E-state index is 1.16. The highest BCUT2D eigenvalue weighted by Crippen LogP contribution is 2.44. The largest absolute Gasteiger partial charge is 0.309 e. The van der Waals surface area contributed by atoms with Crippen LogP contribution in [0.3, 0.4) is 0 Å². The van der Waals surface area contributed by atoms with E-state index in [1.165, 1.54) is 204 Å². The van der Waals surface area contributed by atoms with Crippen molar-refractivity contribution in [1.82, 2.24) is 18.3 Å². The van der Waals surface area contributed by atoms with Gasteiger partial charge in [-0.25, -0.2) is 0 Å². The van der Waals surface area contributed by atoms with Crippen molar-refractivity contribution in [1.29, 1.82) is 0 Å². The summed E-state index contributed by atoms with van der Waals surface area (Å²) in [5.41, 5.74) is 38.5. The standard InChI is InChI=1S/2C60H40N2/c1-3-14-41(15-4-1)42-30-34-50(35-31-42)61-57-24-11-8-21-52(57)54-39-48(32-36-59(54)61)44-28-26-43(27-29-44)46-18-13-19-47(38-46)49-33-37-60-55(40-49)53-22-9-12-25-58(53)62(60)56-23-10-7-20-51(56)45-16-5-2-6-17-45;1-3-12-41(13-4-1)45-30-34-51(35-31-45)61-57-20-9-7-18-53(57)55-39-49(32-36-59(55)61)46-26-22-43(23-27-46)44-24-28-47(29-25-44)50-33-37-60-56(40-50)54-19-8-10-21-58(54)62(60)52-17-11-16-48(38-52)42-14-5-2-6-15-42/h2*1-40H. The lowest BCUT2D eigenvalue weighted by molar-refractivity contribution is 1.18. The highest BCUT2D eigenvalue weighted by molar-refractivity contribution is 6.14. The van der Waals surface area contributed by atoms with Crippen LogP contribution in [-0.4, -0.2) is 18.3 Å². The summed E-state index contributed by atoms with van der Waals surface area (Å²) in [6.07, 6.45) is 0. The fraction of sp³-hybridized carbons (Fsp3) is 0. The maximum absolute atomic E-state index is 2.43. The Labute approximate surface area is 719 Å². The minimum Gasteiger partial charge on any atom is -0.309 e. The van der Waals surface area contributed by atoms with Crippen LogP contribution >= 0.6 is 0 Å². The Morgan fingerprint density at radius 2 is 0.323 bits per heavy atom. The maximum Gasteiger partial charge on any atom is 0.0541 e. The summed E-state index contributed by atoms with van der Waals surface area (Å²) >= 11 is 0. The van der Waals surface area contributed by atoms with Crippen LogP contribution < -0.4 is 0 Å². The quantitative estimate of drug-likeness (QED) is 0.103. The summed E-state index contributed by atoms with van der Waals surface area (Å²) in [5.74, 6) is 0. The van der Waals surface area contributed by atoms with E-state index in [4.69, 9.17) is 0 Å². The molecule has 580 valence electrons. The van der Waals surface area contributed by atoms with Crippen LogP contribution in [0, 0.1) is 0 Å². The van der Waals surface area contributed by atoms with Crippen molar-refractivity contribution in [3.05, 3.63) is 485 Å². The molecule has 24 rings (SSSR count). The van der Waals surface area contributed by atoms with E-state index >= 15 is 0 Å². The van der Waals surface area contributed by atoms with Crippen molar-refractivity contribution in [3.8, 4) is 134 Å². The second-order valence-electron chi connectivity index (χ2n) is 32.3. The molecule has 0 saturated heterocycles. The van der Waals surface area contributed by atoms with Gasteiger partial charge in [-0.1, -0.05) is 364 Å². The summed E-state index contributed by atoms with van der Waals surface area (Å²) in [6.45, 7) is 0. The molecular weight excluding hydrogens is 1500 g/mol. The number of aromatic nitrogens is 4. The molecule has 4 heterocycles. The van der Waals surface area contributed by atoms with Gasteiger partial charge >= 0.3 is 0 Å². The van der Waals surface area contributed by atoms with E-state index in [9.17, 15) is 0 Å². The second-order valence-corrected chi connectivity index (χ2v) is 32.3. The molecule has 4 aromatic heterocycles.